The second-order valence-electron chi connectivity index (χ2n) is 4.97. The average Bonchev–Trinajstić information content (AvgIpc) is 2.45. The topological polar surface area (TPSA) is 50.4 Å². The Balaban J connectivity index is 2.05. The molecule has 1 rings (SSSR count). The molecule has 1 amide bonds. The molecule has 0 saturated heterocycles. The Bertz CT molecular complexity index is 394. The second kappa shape index (κ2) is 10.1. The molecule has 0 radical (unpaired) electrons. The van der Waals surface area contributed by atoms with Crippen LogP contribution in [0.25, 0.3) is 0 Å². The first-order valence-electron chi connectivity index (χ1n) is 7.48. The second-order valence-corrected chi connectivity index (χ2v) is 4.97. The molecule has 0 heterocycles. The van der Waals surface area contributed by atoms with Crippen LogP contribution in [-0.4, -0.2) is 12.7 Å². The van der Waals surface area contributed by atoms with Crippen LogP contribution in [0.5, 0.6) is 0 Å². The lowest BCUT2D eigenvalue weighted by atomic mass is 10.1. The van der Waals surface area contributed by atoms with Crippen LogP contribution in [0.1, 0.15) is 51.0 Å². The zero-order valence-corrected chi connectivity index (χ0v) is 12.6. The van der Waals surface area contributed by atoms with Crippen molar-refractivity contribution in [3.05, 3.63) is 29.8 Å². The van der Waals surface area contributed by atoms with Crippen molar-refractivity contribution in [2.45, 2.75) is 52.4 Å². The zero-order valence-electron chi connectivity index (χ0n) is 12.6. The van der Waals surface area contributed by atoms with Crippen LogP contribution < -0.4 is 10.9 Å². The molecule has 1 aromatic rings. The van der Waals surface area contributed by atoms with Crippen LogP contribution in [0.2, 0.25) is 0 Å². The molecule has 4 heteroatoms. The molecular weight excluding hydrogens is 252 g/mol. The van der Waals surface area contributed by atoms with E-state index in [-0.39, 0.29) is 0 Å². The maximum absolute atomic E-state index is 11.5. The van der Waals surface area contributed by atoms with Crippen molar-refractivity contribution in [1.82, 2.24) is 5.43 Å². The summed E-state index contributed by atoms with van der Waals surface area (Å²) in [7, 11) is 0. The van der Waals surface area contributed by atoms with Gasteiger partial charge in [0, 0.05) is 0 Å². The van der Waals surface area contributed by atoms with Gasteiger partial charge in [0.15, 0.2) is 0 Å². The lowest BCUT2D eigenvalue weighted by molar-refractivity contribution is 0.146. The molecule has 1 aromatic carbocycles. The summed E-state index contributed by atoms with van der Waals surface area (Å²) >= 11 is 0. The Morgan fingerprint density at radius 2 is 1.80 bits per heavy atom. The standard InChI is InChI=1S/C16H26N2O2/c1-3-4-5-6-7-10-13-20-16(19)18-17-15-12-9-8-11-14(15)2/h8-9,11-12,17H,3-7,10,13H2,1-2H3,(H,18,19). The Labute approximate surface area is 121 Å². The summed E-state index contributed by atoms with van der Waals surface area (Å²) < 4.78 is 5.10. The maximum Gasteiger partial charge on any atom is 0.425 e. The molecule has 2 N–H and O–H groups in total. The van der Waals surface area contributed by atoms with Gasteiger partial charge in [0.2, 0.25) is 0 Å². The minimum atomic E-state index is -0.429. The van der Waals surface area contributed by atoms with Gasteiger partial charge in [-0.25, -0.2) is 10.2 Å². The van der Waals surface area contributed by atoms with E-state index >= 15 is 0 Å². The van der Waals surface area contributed by atoms with E-state index in [4.69, 9.17) is 4.74 Å². The van der Waals surface area contributed by atoms with Gasteiger partial charge in [-0.1, -0.05) is 57.2 Å². The fourth-order valence-electron chi connectivity index (χ4n) is 1.91. The highest BCUT2D eigenvalue weighted by atomic mass is 16.6. The number of carbonyl (C=O) groups excluding carboxylic acids is 1. The summed E-state index contributed by atoms with van der Waals surface area (Å²) in [5.74, 6) is 0. The number of carbonyl (C=O) groups is 1. The van der Waals surface area contributed by atoms with Gasteiger partial charge in [0.25, 0.3) is 0 Å². The fraction of sp³-hybridized carbons (Fsp3) is 0.562. The number of ether oxygens (including phenoxy) is 1. The van der Waals surface area contributed by atoms with Crippen LogP contribution in [0.15, 0.2) is 24.3 Å². The minimum absolute atomic E-state index is 0.429. The highest BCUT2D eigenvalue weighted by Gasteiger charge is 2.02. The predicted octanol–water partition coefficient (Wildman–Crippen LogP) is 4.41. The van der Waals surface area contributed by atoms with E-state index in [1.165, 1.54) is 25.7 Å². The SMILES string of the molecule is CCCCCCCCOC(=O)NNc1ccccc1C. The van der Waals surface area contributed by atoms with Crippen molar-refractivity contribution in [1.29, 1.82) is 0 Å². The largest absolute Gasteiger partial charge is 0.448 e. The number of anilines is 1. The highest BCUT2D eigenvalue weighted by Crippen LogP contribution is 2.11. The Morgan fingerprint density at radius 1 is 1.10 bits per heavy atom. The molecule has 0 saturated carbocycles. The van der Waals surface area contributed by atoms with Crippen LogP contribution >= 0.6 is 0 Å². The van der Waals surface area contributed by atoms with Crippen LogP contribution in [0, 0.1) is 6.92 Å². The molecule has 0 aromatic heterocycles. The summed E-state index contributed by atoms with van der Waals surface area (Å²) in [5.41, 5.74) is 7.35. The Hall–Kier alpha value is -1.71. The first kappa shape index (κ1) is 16.3. The van der Waals surface area contributed by atoms with Gasteiger partial charge in [-0.2, -0.15) is 0 Å². The first-order chi connectivity index (χ1) is 9.74. The van der Waals surface area contributed by atoms with Crippen molar-refractivity contribution in [3.8, 4) is 0 Å². The number of nitrogens with one attached hydrogen (secondary N) is 2. The molecule has 112 valence electrons. The number of benzene rings is 1. The number of unbranched alkanes of at least 4 members (excludes halogenated alkanes) is 5. The summed E-state index contributed by atoms with van der Waals surface area (Å²) in [6.07, 6.45) is 6.67. The van der Waals surface area contributed by atoms with Crippen LogP contribution in [-0.2, 0) is 4.74 Å². The molecule has 0 unspecified atom stereocenters. The van der Waals surface area contributed by atoms with Gasteiger partial charge in [0.05, 0.1) is 12.3 Å². The smallest absolute Gasteiger partial charge is 0.425 e. The van der Waals surface area contributed by atoms with Gasteiger partial charge in [-0.05, 0) is 25.0 Å². The van der Waals surface area contributed by atoms with Crippen molar-refractivity contribution in [2.24, 2.45) is 0 Å². The van der Waals surface area contributed by atoms with Gasteiger partial charge >= 0.3 is 6.09 Å². The summed E-state index contributed by atoms with van der Waals surface area (Å²) in [5, 5.41) is 0. The number of amides is 1. The number of aryl methyl sites for hydroxylation is 1. The molecule has 0 spiro atoms. The number of para-hydroxylation sites is 1. The van der Waals surface area contributed by atoms with Gasteiger partial charge in [0.1, 0.15) is 0 Å². The third-order valence-corrected chi connectivity index (χ3v) is 3.18. The molecule has 0 aliphatic heterocycles. The Kier molecular flexibility index (Phi) is 8.27. The average molecular weight is 278 g/mol. The molecule has 0 aliphatic rings. The van der Waals surface area contributed by atoms with E-state index in [9.17, 15) is 4.79 Å². The monoisotopic (exact) mass is 278 g/mol. The predicted molar refractivity (Wildman–Crippen MR) is 82.7 cm³/mol. The number of hydrazine groups is 1. The fourth-order valence-corrected chi connectivity index (χ4v) is 1.91. The third-order valence-electron chi connectivity index (χ3n) is 3.18. The molecule has 0 fully saturated rings. The summed E-state index contributed by atoms with van der Waals surface area (Å²) in [4.78, 5) is 11.5. The quantitative estimate of drug-likeness (QED) is 0.519. The van der Waals surface area contributed by atoms with E-state index in [2.05, 4.69) is 17.8 Å². The summed E-state index contributed by atoms with van der Waals surface area (Å²) in [6.45, 7) is 4.66. The van der Waals surface area contributed by atoms with Gasteiger partial charge in [-0.3, -0.25) is 5.43 Å². The lowest BCUT2D eigenvalue weighted by Crippen LogP contribution is -2.30. The normalized spacial score (nSPS) is 10.1. The van der Waals surface area contributed by atoms with Crippen molar-refractivity contribution >= 4 is 11.8 Å². The molecule has 0 bridgehead atoms. The van der Waals surface area contributed by atoms with Crippen molar-refractivity contribution < 1.29 is 9.53 Å². The zero-order chi connectivity index (χ0) is 14.6. The first-order valence-corrected chi connectivity index (χ1v) is 7.48. The van der Waals surface area contributed by atoms with Crippen LogP contribution in [0.3, 0.4) is 0 Å². The van der Waals surface area contributed by atoms with E-state index in [0.29, 0.717) is 6.61 Å². The molecule has 0 atom stereocenters. The lowest BCUT2D eigenvalue weighted by Gasteiger charge is -2.11. The van der Waals surface area contributed by atoms with E-state index in [1.54, 1.807) is 0 Å². The van der Waals surface area contributed by atoms with Crippen LogP contribution in [0.4, 0.5) is 10.5 Å². The summed E-state index contributed by atoms with van der Waals surface area (Å²) in [6, 6.07) is 7.75. The Morgan fingerprint density at radius 3 is 2.55 bits per heavy atom. The highest BCUT2D eigenvalue weighted by molar-refractivity contribution is 5.69. The van der Waals surface area contributed by atoms with E-state index in [0.717, 1.165) is 24.1 Å². The third kappa shape index (κ3) is 7.02. The molecule has 4 nitrogen and oxygen atoms in total. The molecular formula is C16H26N2O2. The minimum Gasteiger partial charge on any atom is -0.448 e. The molecule has 20 heavy (non-hydrogen) atoms. The molecule has 0 aliphatic carbocycles. The van der Waals surface area contributed by atoms with E-state index in [1.807, 2.05) is 31.2 Å². The van der Waals surface area contributed by atoms with Gasteiger partial charge in [-0.15, -0.1) is 0 Å². The van der Waals surface area contributed by atoms with E-state index < -0.39 is 6.09 Å². The number of hydrogen-bond acceptors (Lipinski definition) is 3. The van der Waals surface area contributed by atoms with Gasteiger partial charge < -0.3 is 4.74 Å². The maximum atomic E-state index is 11.5. The van der Waals surface area contributed by atoms with Crippen molar-refractivity contribution in [2.75, 3.05) is 12.0 Å². The number of hydrogen-bond donors (Lipinski definition) is 2. The van der Waals surface area contributed by atoms with Crippen molar-refractivity contribution in [3.63, 3.8) is 0 Å². The number of rotatable bonds is 9.